The van der Waals surface area contributed by atoms with Crippen LogP contribution in [0.1, 0.15) is 57.7 Å². The predicted octanol–water partition coefficient (Wildman–Crippen LogP) is 1.99. The maximum absolute atomic E-state index is 9.53. The van der Waals surface area contributed by atoms with Gasteiger partial charge in [0.05, 0.1) is 24.0 Å². The Morgan fingerprint density at radius 1 is 1.30 bits per heavy atom. The van der Waals surface area contributed by atoms with E-state index in [1.54, 1.807) is 0 Å². The summed E-state index contributed by atoms with van der Waals surface area (Å²) in [6.45, 7) is 7.46. The van der Waals surface area contributed by atoms with Gasteiger partial charge in [-0.15, -0.1) is 5.10 Å². The van der Waals surface area contributed by atoms with Gasteiger partial charge in [0.15, 0.2) is 0 Å². The van der Waals surface area contributed by atoms with Gasteiger partial charge in [-0.05, 0) is 37.5 Å². The fraction of sp³-hybridized carbons (Fsp3) is 0.867. The number of aliphatic hydroxyl groups excluding tert-OH is 1. The van der Waals surface area contributed by atoms with Crippen LogP contribution >= 0.6 is 0 Å². The number of rotatable bonds is 3. The number of nitrogens with zero attached hydrogens (tertiary/aromatic N) is 4. The first kappa shape index (κ1) is 14.0. The largest absolute Gasteiger partial charge is 0.393 e. The van der Waals surface area contributed by atoms with Gasteiger partial charge in [0.1, 0.15) is 0 Å². The molecule has 1 atom stereocenters. The van der Waals surface area contributed by atoms with Crippen molar-refractivity contribution >= 4 is 0 Å². The topological polar surface area (TPSA) is 54.2 Å². The molecule has 5 nitrogen and oxygen atoms in total. The second-order valence-corrected chi connectivity index (χ2v) is 7.26. The monoisotopic (exact) mass is 278 g/mol. The SMILES string of the molecule is CC1(C)CCC(n2cc(CN3CCC(O)CC3)nn2)C1. The van der Waals surface area contributed by atoms with Crippen molar-refractivity contribution in [1.29, 1.82) is 0 Å². The number of hydrogen-bond donors (Lipinski definition) is 1. The minimum atomic E-state index is -0.109. The van der Waals surface area contributed by atoms with E-state index in [-0.39, 0.29) is 6.10 Å². The van der Waals surface area contributed by atoms with E-state index in [1.807, 2.05) is 0 Å². The number of piperidine rings is 1. The lowest BCUT2D eigenvalue weighted by Gasteiger charge is -2.28. The van der Waals surface area contributed by atoms with Crippen LogP contribution in [-0.2, 0) is 6.54 Å². The summed E-state index contributed by atoms with van der Waals surface area (Å²) in [5.41, 5.74) is 1.51. The summed E-state index contributed by atoms with van der Waals surface area (Å²) < 4.78 is 2.07. The van der Waals surface area contributed by atoms with Crippen LogP contribution in [0.4, 0.5) is 0 Å². The summed E-state index contributed by atoms with van der Waals surface area (Å²) in [5, 5.41) is 18.2. The molecule has 0 spiro atoms. The summed E-state index contributed by atoms with van der Waals surface area (Å²) in [4.78, 5) is 2.36. The molecule has 2 aliphatic rings. The van der Waals surface area contributed by atoms with Gasteiger partial charge in [0, 0.05) is 19.6 Å². The van der Waals surface area contributed by atoms with Crippen LogP contribution in [0.25, 0.3) is 0 Å². The summed E-state index contributed by atoms with van der Waals surface area (Å²) in [7, 11) is 0. The third-order valence-corrected chi connectivity index (χ3v) is 4.82. The quantitative estimate of drug-likeness (QED) is 0.918. The molecule has 112 valence electrons. The van der Waals surface area contributed by atoms with Crippen LogP contribution in [0.15, 0.2) is 6.20 Å². The number of likely N-dealkylation sites (tertiary alicyclic amines) is 1. The van der Waals surface area contributed by atoms with E-state index in [9.17, 15) is 5.11 Å². The average molecular weight is 278 g/mol. The van der Waals surface area contributed by atoms with E-state index in [4.69, 9.17) is 0 Å². The molecule has 0 radical (unpaired) electrons. The highest BCUT2D eigenvalue weighted by Gasteiger charge is 2.32. The lowest BCUT2D eigenvalue weighted by atomic mass is 9.92. The molecule has 1 aliphatic heterocycles. The number of aromatic nitrogens is 3. The molecule has 1 aliphatic carbocycles. The standard InChI is InChI=1S/C15H26N4O/c1-15(2)6-3-13(9-15)19-11-12(16-17-19)10-18-7-4-14(20)5-8-18/h11,13-14,20H,3-10H2,1-2H3. The minimum Gasteiger partial charge on any atom is -0.393 e. The van der Waals surface area contributed by atoms with Crippen LogP contribution in [0.5, 0.6) is 0 Å². The highest BCUT2D eigenvalue weighted by molar-refractivity contribution is 4.96. The van der Waals surface area contributed by atoms with E-state index in [0.29, 0.717) is 11.5 Å². The lowest BCUT2D eigenvalue weighted by molar-refractivity contribution is 0.0786. The van der Waals surface area contributed by atoms with Crippen molar-refractivity contribution in [2.75, 3.05) is 13.1 Å². The van der Waals surface area contributed by atoms with Crippen molar-refractivity contribution in [3.8, 4) is 0 Å². The van der Waals surface area contributed by atoms with Crippen LogP contribution in [0.3, 0.4) is 0 Å². The Morgan fingerprint density at radius 2 is 2.05 bits per heavy atom. The Hall–Kier alpha value is -0.940. The summed E-state index contributed by atoms with van der Waals surface area (Å²) in [6, 6.07) is 0.523. The molecule has 20 heavy (non-hydrogen) atoms. The molecule has 1 saturated carbocycles. The molecule has 0 amide bonds. The van der Waals surface area contributed by atoms with E-state index in [0.717, 1.165) is 38.2 Å². The molecule has 1 aromatic rings. The third kappa shape index (κ3) is 3.20. The van der Waals surface area contributed by atoms with Crippen LogP contribution in [0.2, 0.25) is 0 Å². The van der Waals surface area contributed by atoms with Crippen molar-refractivity contribution in [2.45, 2.75) is 64.6 Å². The molecule has 2 fully saturated rings. The van der Waals surface area contributed by atoms with E-state index < -0.39 is 0 Å². The second-order valence-electron chi connectivity index (χ2n) is 7.26. The maximum Gasteiger partial charge on any atom is 0.0967 e. The van der Waals surface area contributed by atoms with E-state index >= 15 is 0 Å². The first-order chi connectivity index (χ1) is 9.52. The van der Waals surface area contributed by atoms with Gasteiger partial charge in [-0.3, -0.25) is 4.90 Å². The minimum absolute atomic E-state index is 0.109. The molecule has 1 unspecified atom stereocenters. The Balaban J connectivity index is 1.57. The molecular formula is C15H26N4O. The highest BCUT2D eigenvalue weighted by atomic mass is 16.3. The van der Waals surface area contributed by atoms with Crippen molar-refractivity contribution in [2.24, 2.45) is 5.41 Å². The van der Waals surface area contributed by atoms with E-state index in [2.05, 4.69) is 39.9 Å². The molecule has 0 aromatic carbocycles. The number of hydrogen-bond acceptors (Lipinski definition) is 4. The molecule has 5 heteroatoms. The highest BCUT2D eigenvalue weighted by Crippen LogP contribution is 2.43. The predicted molar refractivity (Wildman–Crippen MR) is 77.2 cm³/mol. The summed E-state index contributed by atoms with van der Waals surface area (Å²) in [6.07, 6.45) is 7.46. The molecule has 1 saturated heterocycles. The Bertz CT molecular complexity index is 448. The summed E-state index contributed by atoms with van der Waals surface area (Å²) in [5.74, 6) is 0. The fourth-order valence-electron chi connectivity index (χ4n) is 3.50. The smallest absolute Gasteiger partial charge is 0.0967 e. The zero-order valence-electron chi connectivity index (χ0n) is 12.6. The molecule has 2 heterocycles. The van der Waals surface area contributed by atoms with Crippen molar-refractivity contribution in [1.82, 2.24) is 19.9 Å². The zero-order valence-corrected chi connectivity index (χ0v) is 12.6. The van der Waals surface area contributed by atoms with Crippen LogP contribution in [-0.4, -0.2) is 44.2 Å². The van der Waals surface area contributed by atoms with Crippen molar-refractivity contribution in [3.05, 3.63) is 11.9 Å². The van der Waals surface area contributed by atoms with Crippen LogP contribution < -0.4 is 0 Å². The van der Waals surface area contributed by atoms with Gasteiger partial charge >= 0.3 is 0 Å². The molecule has 3 rings (SSSR count). The Morgan fingerprint density at radius 3 is 2.70 bits per heavy atom. The molecule has 1 aromatic heterocycles. The first-order valence-corrected chi connectivity index (χ1v) is 7.83. The summed E-state index contributed by atoms with van der Waals surface area (Å²) >= 11 is 0. The number of aliphatic hydroxyl groups is 1. The first-order valence-electron chi connectivity index (χ1n) is 7.83. The Labute approximate surface area is 121 Å². The van der Waals surface area contributed by atoms with Crippen LogP contribution in [0, 0.1) is 5.41 Å². The molecule has 1 N–H and O–H groups in total. The second kappa shape index (κ2) is 5.45. The molecular weight excluding hydrogens is 252 g/mol. The van der Waals surface area contributed by atoms with Gasteiger partial charge in [-0.1, -0.05) is 19.1 Å². The molecule has 0 bridgehead atoms. The van der Waals surface area contributed by atoms with Gasteiger partial charge in [0.25, 0.3) is 0 Å². The zero-order chi connectivity index (χ0) is 14.2. The van der Waals surface area contributed by atoms with E-state index in [1.165, 1.54) is 19.3 Å². The third-order valence-electron chi connectivity index (χ3n) is 4.82. The maximum atomic E-state index is 9.53. The Kier molecular flexibility index (Phi) is 3.82. The van der Waals surface area contributed by atoms with Gasteiger partial charge in [-0.25, -0.2) is 4.68 Å². The van der Waals surface area contributed by atoms with Gasteiger partial charge < -0.3 is 5.11 Å². The average Bonchev–Trinajstić information content (AvgIpc) is 2.99. The lowest BCUT2D eigenvalue weighted by Crippen LogP contribution is -2.35. The normalized spacial score (nSPS) is 28.1. The van der Waals surface area contributed by atoms with Crippen molar-refractivity contribution < 1.29 is 5.11 Å². The van der Waals surface area contributed by atoms with Gasteiger partial charge in [0.2, 0.25) is 0 Å². The van der Waals surface area contributed by atoms with Crippen molar-refractivity contribution in [3.63, 3.8) is 0 Å². The fourth-order valence-corrected chi connectivity index (χ4v) is 3.50. The van der Waals surface area contributed by atoms with Gasteiger partial charge in [-0.2, -0.15) is 0 Å².